The van der Waals surface area contributed by atoms with Crippen LogP contribution >= 0.6 is 0 Å². The summed E-state index contributed by atoms with van der Waals surface area (Å²) in [6.07, 6.45) is 0. The van der Waals surface area contributed by atoms with Gasteiger partial charge in [-0.25, -0.2) is 0 Å². The maximum atomic E-state index is 8.42. The molecule has 0 aliphatic carbocycles. The molecule has 0 aliphatic rings. The molecule has 0 atom stereocenters. The molecule has 0 aromatic heterocycles. The van der Waals surface area contributed by atoms with E-state index in [0.29, 0.717) is 0 Å². The average Bonchev–Trinajstić information content (AvgIpc) is 1.25. The summed E-state index contributed by atoms with van der Waals surface area (Å²) in [7, 11) is -5.83. The third-order valence-corrected chi connectivity index (χ3v) is 0. The van der Waals surface area contributed by atoms with Crippen molar-refractivity contribution in [3.63, 3.8) is 0 Å². The summed E-state index contributed by atoms with van der Waals surface area (Å²) in [4.78, 5) is 0. The van der Waals surface area contributed by atoms with Crippen molar-refractivity contribution in [2.75, 3.05) is 0 Å². The molecule has 0 fully saturated rings. The molecular weight excluding hydrogens is 276 g/mol. The molecule has 0 amide bonds. The summed E-state index contributed by atoms with van der Waals surface area (Å²) in [5.41, 5.74) is 0. The predicted octanol–water partition coefficient (Wildman–Crippen LogP) is -8.66. The Balaban J connectivity index is -0.0000000300. The van der Waals surface area contributed by atoms with E-state index in [1.54, 1.807) is 0 Å². The second-order valence-corrected chi connectivity index (χ2v) is 0.577. The first-order valence-corrected chi connectivity index (χ1v) is 1.41. The van der Waals surface area contributed by atoms with E-state index < -0.39 is 14.6 Å². The Morgan fingerprint density at radius 2 is 0.600 bits per heavy atom. The molecule has 48 valence electrons. The van der Waals surface area contributed by atoms with E-state index in [1.165, 1.54) is 0 Å². The normalized spacial score (nSPS) is 5.40. The monoisotopic (exact) mass is 278 g/mol. The van der Waals surface area contributed by atoms with Crippen LogP contribution in [0.1, 0.15) is 0 Å². The zero-order chi connectivity index (χ0) is 7.15. The van der Waals surface area contributed by atoms with Crippen molar-refractivity contribution in [1.82, 2.24) is 0 Å². The fourth-order valence-electron chi connectivity index (χ4n) is 0. The van der Waals surface area contributed by atoms with E-state index in [9.17, 15) is 0 Å². The predicted molar refractivity (Wildman–Crippen MR) is 23.0 cm³/mol. The van der Waals surface area contributed by atoms with Crippen LogP contribution in [0, 0.1) is 0 Å². The van der Waals surface area contributed by atoms with Gasteiger partial charge in [-0.15, -0.1) is 0 Å². The molecule has 0 bridgehead atoms. The molecule has 0 spiro atoms. The van der Waals surface area contributed by atoms with E-state index in [0.717, 1.165) is 0 Å². The van der Waals surface area contributed by atoms with Gasteiger partial charge in [0, 0.05) is 0 Å². The number of rotatable bonds is 0. The van der Waals surface area contributed by atoms with Crippen LogP contribution in [0.3, 0.4) is 0 Å². The topological polar surface area (TPSA) is 138 Å². The maximum absolute atomic E-state index is 8.42. The van der Waals surface area contributed by atoms with E-state index in [-0.39, 0.29) is 61.6 Å². The Bertz CT molecular complexity index is 31.2. The third-order valence-electron chi connectivity index (χ3n) is 0. The minimum absolute atomic E-state index is 0. The quantitative estimate of drug-likeness (QED) is 0.403. The smallest absolute Gasteiger partial charge is 0.907 e. The van der Waals surface area contributed by atoms with Crippen molar-refractivity contribution in [2.24, 2.45) is 0 Å². The molecule has 0 radical (unpaired) electrons. The molecule has 0 aromatic carbocycles. The number of hydrogen-bond acceptors (Lipinski definition) is 6. The van der Waals surface area contributed by atoms with Crippen molar-refractivity contribution < 1.29 is 30.1 Å². The zero-order valence-corrected chi connectivity index (χ0v) is 9.87. The van der Waals surface area contributed by atoms with Crippen LogP contribution in [0.25, 0.3) is 0 Å². The molecule has 0 heterocycles. The van der Waals surface area contributed by atoms with Crippen LogP contribution < -0.4 is 30.1 Å². The van der Waals surface area contributed by atoms with E-state index in [4.69, 9.17) is 30.1 Å². The summed E-state index contributed by atoms with van der Waals surface area (Å²) >= 11 is 0. The Labute approximate surface area is 105 Å². The van der Waals surface area contributed by atoms with Crippen molar-refractivity contribution in [3.8, 4) is 0 Å². The third kappa shape index (κ3) is 210. The summed E-state index contributed by atoms with van der Waals surface area (Å²) < 4.78 is 0. The Kier molecular flexibility index (Phi) is 38.9. The van der Waals surface area contributed by atoms with Gasteiger partial charge in [0.2, 0.25) is 0 Å². The van der Waals surface area contributed by atoms with Gasteiger partial charge in [-0.1, -0.05) is 0 Å². The summed E-state index contributed by atoms with van der Waals surface area (Å²) in [5, 5.41) is 50.5. The van der Waals surface area contributed by atoms with E-state index in [2.05, 4.69) is 0 Å². The molecule has 0 saturated heterocycles. The number of hydrogen-bond donors (Lipinski definition) is 0. The fourth-order valence-corrected chi connectivity index (χ4v) is 0. The maximum Gasteiger partial charge on any atom is 4.00 e. The van der Waals surface area contributed by atoms with Gasteiger partial charge in [-0.2, -0.15) is 0 Å². The molecule has 0 aliphatic heterocycles. The molecule has 0 N–H and O–H groups in total. The fraction of sp³-hybridized carbons (Fsp3) is 0. The van der Waals surface area contributed by atoms with Gasteiger partial charge >= 0.3 is 61.6 Å². The Morgan fingerprint density at radius 3 is 0.600 bits per heavy atom. The van der Waals surface area contributed by atoms with Crippen LogP contribution in [-0.4, -0.2) is 76.3 Å². The van der Waals surface area contributed by atoms with Crippen LogP contribution in [0.4, 0.5) is 0 Å². The van der Waals surface area contributed by atoms with Gasteiger partial charge in [0.1, 0.15) is 0 Å². The summed E-state index contributed by atoms with van der Waals surface area (Å²) in [5.74, 6) is 0. The van der Waals surface area contributed by atoms with Crippen molar-refractivity contribution in [2.45, 2.75) is 0 Å². The van der Waals surface area contributed by atoms with Gasteiger partial charge in [-0.05, 0) is 0 Å². The Morgan fingerprint density at radius 1 is 0.600 bits per heavy atom. The average molecular weight is 276 g/mol. The first-order chi connectivity index (χ1) is 3.46. The van der Waals surface area contributed by atoms with Crippen molar-refractivity contribution in [3.05, 3.63) is 0 Å². The minimum atomic E-state index is -2.92. The largest absolute Gasteiger partial charge is 4.00 e. The van der Waals surface area contributed by atoms with E-state index in [1.807, 2.05) is 0 Å². The standard InChI is InChI=1S/2BO3.Ca.Sn/c2*2-1(3)4;;/q2*-3;+2;+4. The molecule has 6 nitrogen and oxygen atoms in total. The van der Waals surface area contributed by atoms with Crippen molar-refractivity contribution >= 4 is 76.3 Å². The first kappa shape index (κ1) is 22.7. The SMILES string of the molecule is [Ca+2].[O-]B([O-])[O-].[O-]B([O-])[O-].[Sn+4]. The van der Waals surface area contributed by atoms with Crippen LogP contribution in [0.2, 0.25) is 0 Å². The van der Waals surface area contributed by atoms with Gasteiger partial charge in [0.05, 0.1) is 0 Å². The van der Waals surface area contributed by atoms with Gasteiger partial charge in [-0.3, -0.25) is 14.6 Å². The summed E-state index contributed by atoms with van der Waals surface area (Å²) in [6.45, 7) is 0. The van der Waals surface area contributed by atoms with Crippen LogP contribution in [0.15, 0.2) is 0 Å². The first-order valence-electron chi connectivity index (χ1n) is 1.41. The molecule has 0 saturated carbocycles. The van der Waals surface area contributed by atoms with Crippen LogP contribution in [0.5, 0.6) is 0 Å². The summed E-state index contributed by atoms with van der Waals surface area (Å²) in [6, 6.07) is 0. The Hall–Kier alpha value is 1.95. The molecule has 10 heteroatoms. The molecule has 0 unspecified atom stereocenters. The van der Waals surface area contributed by atoms with Gasteiger partial charge in [0.25, 0.3) is 0 Å². The van der Waals surface area contributed by atoms with E-state index >= 15 is 0 Å². The van der Waals surface area contributed by atoms with Gasteiger partial charge in [0.15, 0.2) is 0 Å². The molecule has 0 aromatic rings. The molecule has 0 rings (SSSR count). The van der Waals surface area contributed by atoms with Gasteiger partial charge < -0.3 is 30.1 Å². The van der Waals surface area contributed by atoms with Crippen molar-refractivity contribution in [1.29, 1.82) is 0 Å². The van der Waals surface area contributed by atoms with Crippen LogP contribution in [-0.2, 0) is 0 Å². The zero-order valence-electron chi connectivity index (χ0n) is 4.81. The second kappa shape index (κ2) is 17.2. The molecule has 10 heavy (non-hydrogen) atoms. The second-order valence-electron chi connectivity index (χ2n) is 0.577. The minimum Gasteiger partial charge on any atom is -0.907 e. The molecular formula is B2CaO6Sn.